The first kappa shape index (κ1) is 14.7. The van der Waals surface area contributed by atoms with Crippen LogP contribution in [0.3, 0.4) is 0 Å². The summed E-state index contributed by atoms with van der Waals surface area (Å²) in [5.41, 5.74) is 6.50. The molecule has 0 saturated carbocycles. The topological polar surface area (TPSA) is 102 Å². The lowest BCUT2D eigenvalue weighted by molar-refractivity contribution is 0.533. The molecule has 0 fully saturated rings. The minimum absolute atomic E-state index is 0.0288. The lowest BCUT2D eigenvalue weighted by atomic mass is 10.1. The second-order valence-electron chi connectivity index (χ2n) is 4.93. The van der Waals surface area contributed by atoms with E-state index in [2.05, 4.69) is 20.2 Å². The van der Waals surface area contributed by atoms with E-state index in [1.165, 1.54) is 11.8 Å². The van der Waals surface area contributed by atoms with Gasteiger partial charge in [-0.1, -0.05) is 0 Å². The molecular formula is C12H18N6OS. The highest BCUT2D eigenvalue weighted by atomic mass is 32.2. The number of rotatable bonds is 5. The van der Waals surface area contributed by atoms with Crippen molar-refractivity contribution in [1.82, 2.24) is 24.7 Å². The predicted octanol–water partition coefficient (Wildman–Crippen LogP) is 0.983. The summed E-state index contributed by atoms with van der Waals surface area (Å²) in [5, 5.41) is 7.55. The molecule has 20 heavy (non-hydrogen) atoms. The van der Waals surface area contributed by atoms with Gasteiger partial charge in [0.05, 0.1) is 0 Å². The van der Waals surface area contributed by atoms with Crippen molar-refractivity contribution < 1.29 is 0 Å². The summed E-state index contributed by atoms with van der Waals surface area (Å²) in [6.07, 6.45) is 4.25. The zero-order valence-corrected chi connectivity index (χ0v) is 12.5. The van der Waals surface area contributed by atoms with Crippen LogP contribution in [-0.2, 0) is 6.42 Å². The fraction of sp³-hybridized carbons (Fsp3) is 0.500. The molecule has 2 heterocycles. The van der Waals surface area contributed by atoms with Crippen molar-refractivity contribution in [1.29, 1.82) is 0 Å². The third-order valence-corrected chi connectivity index (χ3v) is 3.47. The Labute approximate surface area is 121 Å². The summed E-state index contributed by atoms with van der Waals surface area (Å²) in [4.78, 5) is 20.2. The molecule has 3 N–H and O–H groups in total. The van der Waals surface area contributed by atoms with Gasteiger partial charge in [-0.3, -0.25) is 4.57 Å². The molecule has 108 valence electrons. The lowest BCUT2D eigenvalue weighted by Crippen LogP contribution is -2.19. The van der Waals surface area contributed by atoms with Gasteiger partial charge in [-0.25, -0.2) is 19.9 Å². The van der Waals surface area contributed by atoms with Crippen LogP contribution in [0.15, 0.2) is 27.5 Å². The Morgan fingerprint density at radius 1 is 1.35 bits per heavy atom. The van der Waals surface area contributed by atoms with Gasteiger partial charge in [0.1, 0.15) is 0 Å². The van der Waals surface area contributed by atoms with E-state index in [9.17, 15) is 4.79 Å². The van der Waals surface area contributed by atoms with Crippen molar-refractivity contribution in [2.45, 2.75) is 49.6 Å². The van der Waals surface area contributed by atoms with E-state index in [1.807, 2.05) is 20.8 Å². The van der Waals surface area contributed by atoms with Gasteiger partial charge >= 0.3 is 5.69 Å². The Bertz CT molecular complexity index is 616. The third-order valence-electron chi connectivity index (χ3n) is 2.61. The first-order valence-corrected chi connectivity index (χ1v) is 7.20. The molecule has 0 bridgehead atoms. The van der Waals surface area contributed by atoms with E-state index in [1.54, 1.807) is 17.0 Å². The molecule has 2 aromatic rings. The van der Waals surface area contributed by atoms with Gasteiger partial charge in [-0.05, 0) is 44.5 Å². The first-order chi connectivity index (χ1) is 9.47. The molecule has 2 aromatic heterocycles. The van der Waals surface area contributed by atoms with Gasteiger partial charge in [0.25, 0.3) is 0 Å². The average Bonchev–Trinajstić information content (AvgIpc) is 2.72. The van der Waals surface area contributed by atoms with Crippen LogP contribution in [-0.4, -0.2) is 30.8 Å². The standard InChI is InChI=1S/C12H18N6OS/c1-7(2)18-11(19)16-17-12(18)20-10-14-5-9(6-15-10)4-8(3)13/h5-8H,4,13H2,1-3H3,(H,16,19). The molecule has 0 aliphatic rings. The van der Waals surface area contributed by atoms with Crippen molar-refractivity contribution in [2.24, 2.45) is 5.73 Å². The van der Waals surface area contributed by atoms with Crippen LogP contribution in [0.25, 0.3) is 0 Å². The fourth-order valence-corrected chi connectivity index (χ4v) is 2.63. The lowest BCUT2D eigenvalue weighted by Gasteiger charge is -2.08. The van der Waals surface area contributed by atoms with Crippen LogP contribution < -0.4 is 11.4 Å². The molecule has 8 heteroatoms. The molecule has 7 nitrogen and oxygen atoms in total. The Morgan fingerprint density at radius 2 is 2.00 bits per heavy atom. The second kappa shape index (κ2) is 6.19. The van der Waals surface area contributed by atoms with Crippen molar-refractivity contribution in [3.8, 4) is 0 Å². The minimum Gasteiger partial charge on any atom is -0.328 e. The van der Waals surface area contributed by atoms with Gasteiger partial charge in [-0.2, -0.15) is 0 Å². The van der Waals surface area contributed by atoms with E-state index in [4.69, 9.17) is 5.73 Å². The maximum absolute atomic E-state index is 11.6. The maximum atomic E-state index is 11.6. The SMILES string of the molecule is CC(N)Cc1cnc(Sc2n[nH]c(=O)n2C(C)C)nc1. The van der Waals surface area contributed by atoms with E-state index < -0.39 is 0 Å². The molecule has 0 saturated heterocycles. The number of nitrogens with two attached hydrogens (primary N) is 1. The van der Waals surface area contributed by atoms with Gasteiger partial charge in [-0.15, -0.1) is 5.10 Å². The largest absolute Gasteiger partial charge is 0.344 e. The highest BCUT2D eigenvalue weighted by Gasteiger charge is 2.14. The molecule has 1 unspecified atom stereocenters. The smallest absolute Gasteiger partial charge is 0.328 e. The zero-order valence-electron chi connectivity index (χ0n) is 11.7. The van der Waals surface area contributed by atoms with Crippen molar-refractivity contribution in [3.05, 3.63) is 28.4 Å². The van der Waals surface area contributed by atoms with Gasteiger partial charge < -0.3 is 5.73 Å². The van der Waals surface area contributed by atoms with Crippen LogP contribution in [0, 0.1) is 0 Å². The van der Waals surface area contributed by atoms with Crippen LogP contribution in [0.1, 0.15) is 32.4 Å². The highest BCUT2D eigenvalue weighted by molar-refractivity contribution is 7.99. The third kappa shape index (κ3) is 3.45. The number of nitrogens with zero attached hydrogens (tertiary/aromatic N) is 4. The summed E-state index contributed by atoms with van der Waals surface area (Å²) < 4.78 is 1.57. The maximum Gasteiger partial charge on any atom is 0.344 e. The van der Waals surface area contributed by atoms with E-state index >= 15 is 0 Å². The number of hydrogen-bond donors (Lipinski definition) is 2. The van der Waals surface area contributed by atoms with Crippen LogP contribution in [0.5, 0.6) is 0 Å². The summed E-state index contributed by atoms with van der Waals surface area (Å²) in [6.45, 7) is 5.79. The molecule has 2 rings (SSSR count). The number of H-pyrrole nitrogens is 1. The Hall–Kier alpha value is -1.67. The monoisotopic (exact) mass is 294 g/mol. The number of nitrogens with one attached hydrogen (secondary N) is 1. The summed E-state index contributed by atoms with van der Waals surface area (Å²) in [5.74, 6) is 0. The number of aromatic amines is 1. The normalized spacial score (nSPS) is 12.8. The van der Waals surface area contributed by atoms with Gasteiger partial charge in [0.15, 0.2) is 10.3 Å². The molecule has 0 aliphatic carbocycles. The molecule has 0 radical (unpaired) electrons. The van der Waals surface area contributed by atoms with Gasteiger partial charge in [0, 0.05) is 24.5 Å². The van der Waals surface area contributed by atoms with E-state index in [-0.39, 0.29) is 17.8 Å². The van der Waals surface area contributed by atoms with E-state index in [0.29, 0.717) is 10.3 Å². The average molecular weight is 294 g/mol. The molecule has 0 aliphatic heterocycles. The van der Waals surface area contributed by atoms with Gasteiger partial charge in [0.2, 0.25) is 0 Å². The minimum atomic E-state index is -0.226. The number of aromatic nitrogens is 5. The molecule has 0 spiro atoms. The zero-order chi connectivity index (χ0) is 14.7. The Morgan fingerprint density at radius 3 is 2.55 bits per heavy atom. The van der Waals surface area contributed by atoms with Crippen LogP contribution in [0.2, 0.25) is 0 Å². The summed E-state index contributed by atoms with van der Waals surface area (Å²) in [6, 6.07) is 0.107. The quantitative estimate of drug-likeness (QED) is 0.797. The summed E-state index contributed by atoms with van der Waals surface area (Å²) >= 11 is 1.26. The molecule has 1 atom stereocenters. The predicted molar refractivity (Wildman–Crippen MR) is 76.7 cm³/mol. The number of hydrogen-bond acceptors (Lipinski definition) is 6. The van der Waals surface area contributed by atoms with E-state index in [0.717, 1.165) is 12.0 Å². The molecule has 0 amide bonds. The summed E-state index contributed by atoms with van der Waals surface area (Å²) in [7, 11) is 0. The first-order valence-electron chi connectivity index (χ1n) is 6.38. The Kier molecular flexibility index (Phi) is 4.56. The van der Waals surface area contributed by atoms with Crippen LogP contribution >= 0.6 is 11.8 Å². The molecule has 0 aromatic carbocycles. The van der Waals surface area contributed by atoms with Crippen LogP contribution in [0.4, 0.5) is 0 Å². The second-order valence-corrected chi connectivity index (χ2v) is 5.87. The van der Waals surface area contributed by atoms with Crippen molar-refractivity contribution in [3.63, 3.8) is 0 Å². The highest BCUT2D eigenvalue weighted by Crippen LogP contribution is 2.22. The Balaban J connectivity index is 2.16. The van der Waals surface area contributed by atoms with Crippen molar-refractivity contribution >= 4 is 11.8 Å². The fourth-order valence-electron chi connectivity index (χ4n) is 1.77. The molecular weight excluding hydrogens is 276 g/mol. The van der Waals surface area contributed by atoms with Crippen molar-refractivity contribution in [2.75, 3.05) is 0 Å².